The van der Waals surface area contributed by atoms with E-state index in [0.29, 0.717) is 39.9 Å². The number of hydrogen-bond acceptors (Lipinski definition) is 5. The van der Waals surface area contributed by atoms with Gasteiger partial charge in [-0.05, 0) is 79.3 Å². The number of carbonyl (C=O) groups excluding carboxylic acids is 1. The van der Waals surface area contributed by atoms with Gasteiger partial charge in [0.25, 0.3) is 0 Å². The maximum atomic E-state index is 14.1. The molecule has 4 nitrogen and oxygen atoms in total. The first-order valence-electron chi connectivity index (χ1n) is 13.2. The van der Waals surface area contributed by atoms with Crippen LogP contribution in [0.5, 0.6) is 0 Å². The number of para-hydroxylation sites is 1. The smallest absolute Gasteiger partial charge is 0.384 e. The Kier molecular flexibility index (Phi) is 8.39. The van der Waals surface area contributed by atoms with Crippen molar-refractivity contribution in [1.29, 1.82) is 5.26 Å². The lowest BCUT2D eigenvalue weighted by atomic mass is 9.74. The van der Waals surface area contributed by atoms with Gasteiger partial charge in [0, 0.05) is 33.4 Å². The molecule has 0 bridgehead atoms. The first-order valence-corrected chi connectivity index (χ1v) is 15.0. The van der Waals surface area contributed by atoms with Gasteiger partial charge in [-0.1, -0.05) is 47.5 Å². The lowest BCUT2D eigenvalue weighted by Crippen LogP contribution is -2.39. The quantitative estimate of drug-likeness (QED) is 0.285. The van der Waals surface area contributed by atoms with Gasteiger partial charge < -0.3 is 5.73 Å². The number of Topliss-reactive ketones (excluding diaryl/α,β-unsaturated/α-hetero) is 1. The van der Waals surface area contributed by atoms with Crippen molar-refractivity contribution in [3.05, 3.63) is 115 Å². The number of anilines is 1. The number of halogens is 5. The van der Waals surface area contributed by atoms with Gasteiger partial charge in [0.05, 0.1) is 33.8 Å². The van der Waals surface area contributed by atoms with E-state index in [1.54, 1.807) is 18.2 Å². The molecule has 10 heteroatoms. The van der Waals surface area contributed by atoms with Gasteiger partial charge in [-0.3, -0.25) is 9.69 Å². The highest BCUT2D eigenvalue weighted by Crippen LogP contribution is 2.49. The summed E-state index contributed by atoms with van der Waals surface area (Å²) in [6, 6.07) is 16.5. The third kappa shape index (κ3) is 5.54. The average Bonchev–Trinajstić information content (AvgIpc) is 2.93. The first-order chi connectivity index (χ1) is 19.9. The molecule has 2 N–H and O–H groups in total. The number of nitrogens with two attached hydrogens (primary N) is 1. The molecule has 2 aliphatic rings. The standard InChI is InChI=1S/C32H26Cl2F3N3OS/c1-17-12-18(2)21(13-19(17)16-42-28-14-20(33)10-11-24(28)34)29-22(15-38)31(39)40(26-8-5-9-27(41)30(26)29)25-7-4-3-6-23(25)32(35,36)37/h3-4,6-7,10-14,29H,5,8-9,16,39H2,1-2H3. The van der Waals surface area contributed by atoms with E-state index >= 15 is 0 Å². The van der Waals surface area contributed by atoms with Crippen LogP contribution in [0, 0.1) is 25.2 Å². The monoisotopic (exact) mass is 627 g/mol. The second-order valence-electron chi connectivity index (χ2n) is 10.3. The van der Waals surface area contributed by atoms with E-state index in [1.165, 1.54) is 34.9 Å². The largest absolute Gasteiger partial charge is 0.418 e. The van der Waals surface area contributed by atoms with Crippen molar-refractivity contribution >= 4 is 46.4 Å². The Morgan fingerprint density at radius 1 is 1.07 bits per heavy atom. The summed E-state index contributed by atoms with van der Waals surface area (Å²) in [7, 11) is 0. The molecule has 1 heterocycles. The zero-order valence-electron chi connectivity index (χ0n) is 22.8. The fourth-order valence-electron chi connectivity index (χ4n) is 5.71. The molecule has 3 aromatic carbocycles. The molecule has 0 spiro atoms. The summed E-state index contributed by atoms with van der Waals surface area (Å²) in [6.07, 6.45) is -3.60. The molecule has 0 saturated carbocycles. The van der Waals surface area contributed by atoms with Crippen molar-refractivity contribution in [2.24, 2.45) is 5.73 Å². The molecule has 42 heavy (non-hydrogen) atoms. The molecule has 0 radical (unpaired) electrons. The van der Waals surface area contributed by atoms with E-state index in [1.807, 2.05) is 26.0 Å². The normalized spacial score (nSPS) is 17.4. The van der Waals surface area contributed by atoms with E-state index in [-0.39, 0.29) is 29.3 Å². The number of allylic oxidation sites excluding steroid dienone is 3. The van der Waals surface area contributed by atoms with Crippen LogP contribution >= 0.6 is 35.0 Å². The van der Waals surface area contributed by atoms with Crippen LogP contribution in [0.2, 0.25) is 10.0 Å². The van der Waals surface area contributed by atoms with Crippen LogP contribution in [0.3, 0.4) is 0 Å². The Morgan fingerprint density at radius 2 is 1.81 bits per heavy atom. The lowest BCUT2D eigenvalue weighted by Gasteiger charge is -2.40. The van der Waals surface area contributed by atoms with Gasteiger partial charge in [-0.25, -0.2) is 0 Å². The number of hydrogen-bond donors (Lipinski definition) is 1. The van der Waals surface area contributed by atoms with Crippen molar-refractivity contribution in [2.75, 3.05) is 4.90 Å². The van der Waals surface area contributed by atoms with Crippen LogP contribution in [0.4, 0.5) is 18.9 Å². The molecule has 0 amide bonds. The maximum Gasteiger partial charge on any atom is 0.418 e. The average molecular weight is 629 g/mol. The van der Waals surface area contributed by atoms with E-state index in [2.05, 4.69) is 6.07 Å². The Bertz CT molecular complexity index is 1710. The Morgan fingerprint density at radius 3 is 2.52 bits per heavy atom. The number of nitriles is 1. The Labute approximate surface area is 256 Å². The van der Waals surface area contributed by atoms with Crippen molar-refractivity contribution in [3.63, 3.8) is 0 Å². The van der Waals surface area contributed by atoms with E-state index in [4.69, 9.17) is 28.9 Å². The zero-order chi connectivity index (χ0) is 30.3. The van der Waals surface area contributed by atoms with Crippen molar-refractivity contribution in [1.82, 2.24) is 0 Å². The fraction of sp³-hybridized carbons (Fsp3) is 0.250. The number of alkyl halides is 3. The summed E-state index contributed by atoms with van der Waals surface area (Å²) in [5, 5.41) is 11.5. The van der Waals surface area contributed by atoms with Gasteiger partial charge in [0.2, 0.25) is 0 Å². The highest BCUT2D eigenvalue weighted by molar-refractivity contribution is 7.98. The second-order valence-corrected chi connectivity index (χ2v) is 12.2. The van der Waals surface area contributed by atoms with Crippen LogP contribution in [-0.4, -0.2) is 5.78 Å². The van der Waals surface area contributed by atoms with Gasteiger partial charge >= 0.3 is 6.18 Å². The number of rotatable bonds is 5. The topological polar surface area (TPSA) is 70.1 Å². The first kappa shape index (κ1) is 30.1. The van der Waals surface area contributed by atoms with Crippen molar-refractivity contribution < 1.29 is 18.0 Å². The molecule has 0 saturated heterocycles. The van der Waals surface area contributed by atoms with E-state index < -0.39 is 17.7 Å². The molecule has 5 rings (SSSR count). The predicted molar refractivity (Wildman–Crippen MR) is 161 cm³/mol. The minimum absolute atomic E-state index is 0.0458. The highest BCUT2D eigenvalue weighted by Gasteiger charge is 2.43. The van der Waals surface area contributed by atoms with Crippen molar-refractivity contribution in [3.8, 4) is 6.07 Å². The summed E-state index contributed by atoms with van der Waals surface area (Å²) in [6.45, 7) is 3.88. The van der Waals surface area contributed by atoms with Gasteiger partial charge in [-0.2, -0.15) is 18.4 Å². The van der Waals surface area contributed by atoms with Gasteiger partial charge in [0.1, 0.15) is 5.82 Å². The SMILES string of the molecule is Cc1cc(C)c(C2C(C#N)=C(N)N(c3ccccc3C(F)(F)F)C3=C2C(=O)CCC3)cc1CSc1cc(Cl)ccc1Cl. The zero-order valence-corrected chi connectivity index (χ0v) is 25.1. The summed E-state index contributed by atoms with van der Waals surface area (Å²) >= 11 is 14.1. The lowest BCUT2D eigenvalue weighted by molar-refractivity contribution is -0.137. The molecule has 0 fully saturated rings. The number of ketones is 1. The van der Waals surface area contributed by atoms with Crippen LogP contribution in [0.15, 0.2) is 82.2 Å². The third-order valence-corrected chi connectivity index (χ3v) is 9.46. The molecule has 216 valence electrons. The summed E-state index contributed by atoms with van der Waals surface area (Å²) in [5.74, 6) is -0.559. The van der Waals surface area contributed by atoms with E-state index in [0.717, 1.165) is 33.2 Å². The molecule has 0 aromatic heterocycles. The number of carbonyl (C=O) groups is 1. The summed E-state index contributed by atoms with van der Waals surface area (Å²) in [5.41, 5.74) is 9.81. The summed E-state index contributed by atoms with van der Waals surface area (Å²) < 4.78 is 42.2. The minimum Gasteiger partial charge on any atom is -0.384 e. The minimum atomic E-state index is -4.66. The molecule has 3 aromatic rings. The predicted octanol–water partition coefficient (Wildman–Crippen LogP) is 9.23. The Balaban J connectivity index is 1.66. The molecular weight excluding hydrogens is 602 g/mol. The van der Waals surface area contributed by atoms with Gasteiger partial charge in [-0.15, -0.1) is 11.8 Å². The Hall–Kier alpha value is -3.38. The second kappa shape index (κ2) is 11.7. The van der Waals surface area contributed by atoms with Crippen LogP contribution in [-0.2, 0) is 16.7 Å². The van der Waals surface area contributed by atoms with Crippen LogP contribution < -0.4 is 10.6 Å². The molecular formula is C32H26Cl2F3N3OS. The number of benzene rings is 3. The fourth-order valence-corrected chi connectivity index (χ4v) is 7.26. The van der Waals surface area contributed by atoms with Crippen LogP contribution in [0.25, 0.3) is 0 Å². The number of nitrogens with zero attached hydrogens (tertiary/aromatic N) is 2. The molecule has 1 unspecified atom stereocenters. The molecule has 1 aliphatic carbocycles. The van der Waals surface area contributed by atoms with Gasteiger partial charge in [0.15, 0.2) is 5.78 Å². The third-order valence-electron chi connectivity index (χ3n) is 7.68. The molecule has 1 aliphatic heterocycles. The maximum absolute atomic E-state index is 14.1. The molecule has 1 atom stereocenters. The van der Waals surface area contributed by atoms with E-state index in [9.17, 15) is 23.2 Å². The highest BCUT2D eigenvalue weighted by atomic mass is 35.5. The summed E-state index contributed by atoms with van der Waals surface area (Å²) in [4.78, 5) is 15.7. The number of thioether (sulfide) groups is 1. The number of aryl methyl sites for hydroxylation is 2. The van der Waals surface area contributed by atoms with Crippen molar-refractivity contribution in [2.45, 2.75) is 55.9 Å². The van der Waals surface area contributed by atoms with Crippen LogP contribution in [0.1, 0.15) is 53.0 Å².